The third-order valence-electron chi connectivity index (χ3n) is 3.42. The van der Waals surface area contributed by atoms with Gasteiger partial charge in [0, 0.05) is 18.1 Å². The molecular formula is C17H17N3OS. The Labute approximate surface area is 133 Å². The lowest BCUT2D eigenvalue weighted by atomic mass is 10.0. The highest BCUT2D eigenvalue weighted by atomic mass is 32.1. The normalized spacial score (nSPS) is 10.9. The fourth-order valence-corrected chi connectivity index (χ4v) is 3.21. The molecule has 5 heteroatoms. The lowest BCUT2D eigenvalue weighted by Crippen LogP contribution is -2.12. The van der Waals surface area contributed by atoms with Crippen LogP contribution in [0.25, 0.3) is 5.69 Å². The third-order valence-corrected chi connectivity index (χ3v) is 4.35. The highest BCUT2D eigenvalue weighted by molar-refractivity contribution is 7.12. The minimum Gasteiger partial charge on any atom is -0.321 e. The smallest absolute Gasteiger partial charge is 0.266 e. The summed E-state index contributed by atoms with van der Waals surface area (Å²) in [5, 5.41) is 9.10. The molecule has 112 valence electrons. The molecule has 0 fully saturated rings. The fraction of sp³-hybridized carbons (Fsp3) is 0.176. The number of nitrogens with one attached hydrogen (secondary N) is 1. The molecule has 2 aromatic heterocycles. The highest BCUT2D eigenvalue weighted by Crippen LogP contribution is 2.25. The number of aromatic nitrogens is 2. The molecular weight excluding hydrogens is 294 g/mol. The van der Waals surface area contributed by atoms with Gasteiger partial charge in [0.1, 0.15) is 0 Å². The third kappa shape index (κ3) is 2.94. The SMILES string of the molecule is CC(C)c1ccsc1C(=O)Nc1ccc(-n2cccn2)cc1. The van der Waals surface area contributed by atoms with Crippen LogP contribution in [0, 0.1) is 0 Å². The Bertz CT molecular complexity index is 758. The summed E-state index contributed by atoms with van der Waals surface area (Å²) < 4.78 is 1.78. The molecule has 1 N–H and O–H groups in total. The molecule has 0 aliphatic heterocycles. The Morgan fingerprint density at radius 3 is 2.64 bits per heavy atom. The second kappa shape index (κ2) is 6.15. The van der Waals surface area contributed by atoms with E-state index in [0.717, 1.165) is 21.8 Å². The Balaban J connectivity index is 1.75. The first-order valence-electron chi connectivity index (χ1n) is 7.14. The topological polar surface area (TPSA) is 46.9 Å². The quantitative estimate of drug-likeness (QED) is 0.780. The molecule has 0 unspecified atom stereocenters. The molecule has 2 heterocycles. The van der Waals surface area contributed by atoms with Crippen LogP contribution in [0.1, 0.15) is 35.0 Å². The summed E-state index contributed by atoms with van der Waals surface area (Å²) in [5.41, 5.74) is 2.83. The fourth-order valence-electron chi connectivity index (χ4n) is 2.27. The van der Waals surface area contributed by atoms with Crippen LogP contribution >= 0.6 is 11.3 Å². The van der Waals surface area contributed by atoms with Gasteiger partial charge in [0.15, 0.2) is 0 Å². The van der Waals surface area contributed by atoms with Crippen LogP contribution in [-0.4, -0.2) is 15.7 Å². The molecule has 0 spiro atoms. The average molecular weight is 311 g/mol. The van der Waals surface area contributed by atoms with Gasteiger partial charge in [-0.3, -0.25) is 4.79 Å². The van der Waals surface area contributed by atoms with Crippen molar-refractivity contribution >= 4 is 22.9 Å². The van der Waals surface area contributed by atoms with Crippen molar-refractivity contribution in [1.82, 2.24) is 9.78 Å². The molecule has 0 saturated carbocycles. The van der Waals surface area contributed by atoms with Crippen LogP contribution in [0.4, 0.5) is 5.69 Å². The maximum atomic E-state index is 12.4. The summed E-state index contributed by atoms with van der Waals surface area (Å²) >= 11 is 1.48. The summed E-state index contributed by atoms with van der Waals surface area (Å²) in [6.07, 6.45) is 3.62. The van der Waals surface area contributed by atoms with Crippen molar-refractivity contribution in [2.45, 2.75) is 19.8 Å². The van der Waals surface area contributed by atoms with E-state index >= 15 is 0 Å². The van der Waals surface area contributed by atoms with E-state index in [1.54, 1.807) is 10.9 Å². The zero-order valence-corrected chi connectivity index (χ0v) is 13.3. The van der Waals surface area contributed by atoms with Crippen LogP contribution in [0.2, 0.25) is 0 Å². The second-order valence-electron chi connectivity index (χ2n) is 5.31. The first-order valence-corrected chi connectivity index (χ1v) is 8.02. The standard InChI is InChI=1S/C17H17N3OS/c1-12(2)15-8-11-22-16(15)17(21)19-13-4-6-14(7-5-13)20-10-3-9-18-20/h3-12H,1-2H3,(H,19,21). The Kier molecular flexibility index (Phi) is 4.06. The molecule has 4 nitrogen and oxygen atoms in total. The Hall–Kier alpha value is -2.40. The zero-order valence-electron chi connectivity index (χ0n) is 12.5. The largest absolute Gasteiger partial charge is 0.321 e. The van der Waals surface area contributed by atoms with Gasteiger partial charge in [-0.25, -0.2) is 4.68 Å². The van der Waals surface area contributed by atoms with E-state index in [9.17, 15) is 4.79 Å². The van der Waals surface area contributed by atoms with Crippen molar-refractivity contribution < 1.29 is 4.79 Å². The van der Waals surface area contributed by atoms with Crippen molar-refractivity contribution in [3.05, 3.63) is 64.6 Å². The predicted molar refractivity (Wildman–Crippen MR) is 89.9 cm³/mol. The van der Waals surface area contributed by atoms with Gasteiger partial charge in [-0.05, 0) is 53.3 Å². The number of carbonyl (C=O) groups is 1. The monoisotopic (exact) mass is 311 g/mol. The molecule has 0 radical (unpaired) electrons. The number of carbonyl (C=O) groups excluding carboxylic acids is 1. The Morgan fingerprint density at radius 1 is 1.23 bits per heavy atom. The van der Waals surface area contributed by atoms with Gasteiger partial charge in [0.05, 0.1) is 10.6 Å². The Morgan fingerprint density at radius 2 is 2.00 bits per heavy atom. The van der Waals surface area contributed by atoms with Crippen LogP contribution in [0.3, 0.4) is 0 Å². The first kappa shape index (κ1) is 14.5. The van der Waals surface area contributed by atoms with E-state index in [1.807, 2.05) is 48.0 Å². The molecule has 0 bridgehead atoms. The van der Waals surface area contributed by atoms with E-state index in [4.69, 9.17) is 0 Å². The van der Waals surface area contributed by atoms with E-state index in [2.05, 4.69) is 24.3 Å². The van der Waals surface area contributed by atoms with Crippen LogP contribution in [-0.2, 0) is 0 Å². The summed E-state index contributed by atoms with van der Waals surface area (Å²) in [6, 6.07) is 11.5. The number of hydrogen-bond acceptors (Lipinski definition) is 3. The molecule has 1 aromatic carbocycles. The summed E-state index contributed by atoms with van der Waals surface area (Å²) in [6.45, 7) is 4.19. The van der Waals surface area contributed by atoms with Crippen molar-refractivity contribution in [3.8, 4) is 5.69 Å². The predicted octanol–water partition coefficient (Wildman–Crippen LogP) is 4.31. The van der Waals surface area contributed by atoms with Crippen molar-refractivity contribution in [1.29, 1.82) is 0 Å². The lowest BCUT2D eigenvalue weighted by Gasteiger charge is -2.09. The maximum absolute atomic E-state index is 12.4. The van der Waals surface area contributed by atoms with E-state index < -0.39 is 0 Å². The number of thiophene rings is 1. The average Bonchev–Trinajstić information content (AvgIpc) is 3.19. The number of hydrogen-bond donors (Lipinski definition) is 1. The van der Waals surface area contributed by atoms with E-state index in [0.29, 0.717) is 5.92 Å². The van der Waals surface area contributed by atoms with Crippen molar-refractivity contribution in [3.63, 3.8) is 0 Å². The van der Waals surface area contributed by atoms with Crippen molar-refractivity contribution in [2.75, 3.05) is 5.32 Å². The second-order valence-corrected chi connectivity index (χ2v) is 6.23. The van der Waals surface area contributed by atoms with Gasteiger partial charge in [0.25, 0.3) is 5.91 Å². The lowest BCUT2D eigenvalue weighted by molar-refractivity contribution is 0.102. The number of amides is 1. The first-order chi connectivity index (χ1) is 10.6. The summed E-state index contributed by atoms with van der Waals surface area (Å²) in [5.74, 6) is 0.291. The number of anilines is 1. The molecule has 3 aromatic rings. The minimum atomic E-state index is -0.0504. The molecule has 1 amide bonds. The highest BCUT2D eigenvalue weighted by Gasteiger charge is 2.15. The van der Waals surface area contributed by atoms with Crippen LogP contribution in [0.5, 0.6) is 0 Å². The van der Waals surface area contributed by atoms with Gasteiger partial charge in [-0.2, -0.15) is 5.10 Å². The molecule has 0 aliphatic rings. The van der Waals surface area contributed by atoms with E-state index in [-0.39, 0.29) is 5.91 Å². The van der Waals surface area contributed by atoms with E-state index in [1.165, 1.54) is 11.3 Å². The molecule has 0 aliphatic carbocycles. The van der Waals surface area contributed by atoms with Crippen molar-refractivity contribution in [2.24, 2.45) is 0 Å². The molecule has 22 heavy (non-hydrogen) atoms. The number of rotatable bonds is 4. The maximum Gasteiger partial charge on any atom is 0.266 e. The zero-order chi connectivity index (χ0) is 15.5. The van der Waals surface area contributed by atoms with Gasteiger partial charge in [-0.15, -0.1) is 11.3 Å². The van der Waals surface area contributed by atoms with Crippen LogP contribution < -0.4 is 5.32 Å². The van der Waals surface area contributed by atoms with Gasteiger partial charge >= 0.3 is 0 Å². The molecule has 3 rings (SSSR count). The van der Waals surface area contributed by atoms with Gasteiger partial charge in [0.2, 0.25) is 0 Å². The number of benzene rings is 1. The molecule has 0 saturated heterocycles. The van der Waals surface area contributed by atoms with Gasteiger partial charge in [-0.1, -0.05) is 13.8 Å². The van der Waals surface area contributed by atoms with Gasteiger partial charge < -0.3 is 5.32 Å². The molecule has 0 atom stereocenters. The summed E-state index contributed by atoms with van der Waals surface area (Å²) in [4.78, 5) is 13.2. The summed E-state index contributed by atoms with van der Waals surface area (Å²) in [7, 11) is 0. The number of nitrogens with zero attached hydrogens (tertiary/aromatic N) is 2. The minimum absolute atomic E-state index is 0.0504. The van der Waals surface area contributed by atoms with Crippen LogP contribution in [0.15, 0.2) is 54.2 Å².